The molecular formula is C26H35N3O2. The molecule has 0 saturated carbocycles. The first kappa shape index (κ1) is 22.9. The average Bonchev–Trinajstić information content (AvgIpc) is 2.99. The van der Waals surface area contributed by atoms with Crippen molar-refractivity contribution in [3.63, 3.8) is 0 Å². The summed E-state index contributed by atoms with van der Waals surface area (Å²) >= 11 is 0. The molecule has 0 spiro atoms. The van der Waals surface area contributed by atoms with E-state index in [-0.39, 0.29) is 22.8 Å². The van der Waals surface area contributed by atoms with Gasteiger partial charge in [-0.15, -0.1) is 0 Å². The van der Waals surface area contributed by atoms with E-state index in [1.807, 2.05) is 50.4 Å². The number of rotatable bonds is 6. The summed E-state index contributed by atoms with van der Waals surface area (Å²) < 4.78 is 7.66. The van der Waals surface area contributed by atoms with Gasteiger partial charge in [0.25, 0.3) is 0 Å². The molecule has 166 valence electrons. The van der Waals surface area contributed by atoms with Crippen molar-refractivity contribution in [3.8, 4) is 17.0 Å². The van der Waals surface area contributed by atoms with Crippen molar-refractivity contribution in [1.82, 2.24) is 9.38 Å². The Hall–Kier alpha value is -2.82. The summed E-state index contributed by atoms with van der Waals surface area (Å²) in [5, 5.41) is 3.76. The fourth-order valence-electron chi connectivity index (χ4n) is 4.16. The van der Waals surface area contributed by atoms with Gasteiger partial charge in [-0.2, -0.15) is 0 Å². The third-order valence-electron chi connectivity index (χ3n) is 5.07. The zero-order chi connectivity index (χ0) is 23.0. The smallest absolute Gasteiger partial charge is 0.313 e. The number of nitrogens with one attached hydrogen (secondary N) is 1. The first-order valence-electron chi connectivity index (χ1n) is 10.9. The van der Waals surface area contributed by atoms with Crippen LogP contribution in [-0.4, -0.2) is 20.9 Å². The molecule has 0 atom stereocenters. The molecule has 0 fully saturated rings. The van der Waals surface area contributed by atoms with Crippen LogP contribution in [0.15, 0.2) is 42.6 Å². The van der Waals surface area contributed by atoms with Crippen molar-refractivity contribution < 1.29 is 9.53 Å². The monoisotopic (exact) mass is 421 g/mol. The number of carbonyl (C=O) groups is 1. The van der Waals surface area contributed by atoms with Crippen molar-refractivity contribution in [2.24, 2.45) is 11.3 Å². The molecule has 5 heteroatoms. The van der Waals surface area contributed by atoms with E-state index in [2.05, 4.69) is 57.3 Å². The van der Waals surface area contributed by atoms with Gasteiger partial charge in [0, 0.05) is 17.3 Å². The van der Waals surface area contributed by atoms with E-state index in [0.717, 1.165) is 34.7 Å². The number of ether oxygens (including phenoxy) is 1. The summed E-state index contributed by atoms with van der Waals surface area (Å²) in [4.78, 5) is 17.1. The largest absolute Gasteiger partial charge is 0.426 e. The standard InChI is InChI=1S/C26H35N3O2/c1-17(2)24(30)31-20-13-9-12-19(15-20)21-23(28-26(7,8)16-25(4,5)6)29-14-10-11-18(3)22(29)27-21/h9-15,17,28H,16H2,1-8H3. The fourth-order valence-corrected chi connectivity index (χ4v) is 4.16. The quantitative estimate of drug-likeness (QED) is 0.365. The van der Waals surface area contributed by atoms with Crippen LogP contribution in [0.2, 0.25) is 0 Å². The second kappa shape index (κ2) is 8.37. The number of imidazole rings is 1. The van der Waals surface area contributed by atoms with E-state index in [1.165, 1.54) is 0 Å². The zero-order valence-corrected chi connectivity index (χ0v) is 20.0. The fraction of sp³-hybridized carbons (Fsp3) is 0.462. The molecule has 1 aromatic carbocycles. The maximum atomic E-state index is 12.1. The van der Waals surface area contributed by atoms with Crippen LogP contribution >= 0.6 is 0 Å². The van der Waals surface area contributed by atoms with E-state index in [9.17, 15) is 4.79 Å². The van der Waals surface area contributed by atoms with Gasteiger partial charge in [-0.1, -0.05) is 52.8 Å². The van der Waals surface area contributed by atoms with Gasteiger partial charge >= 0.3 is 5.97 Å². The molecule has 31 heavy (non-hydrogen) atoms. The highest BCUT2D eigenvalue weighted by molar-refractivity contribution is 5.80. The van der Waals surface area contributed by atoms with E-state index >= 15 is 0 Å². The number of aromatic nitrogens is 2. The lowest BCUT2D eigenvalue weighted by Gasteiger charge is -2.34. The number of aryl methyl sites for hydroxylation is 1. The molecule has 2 heterocycles. The Balaban J connectivity index is 2.10. The number of hydrogen-bond donors (Lipinski definition) is 1. The summed E-state index contributed by atoms with van der Waals surface area (Å²) in [6.07, 6.45) is 3.03. The summed E-state index contributed by atoms with van der Waals surface area (Å²) in [5.74, 6) is 1.05. The Kier molecular flexibility index (Phi) is 6.17. The Morgan fingerprint density at radius 2 is 1.84 bits per heavy atom. The molecule has 0 bridgehead atoms. The minimum atomic E-state index is -0.243. The van der Waals surface area contributed by atoms with E-state index in [0.29, 0.717) is 5.75 Å². The number of anilines is 1. The molecule has 3 aromatic rings. The van der Waals surface area contributed by atoms with Gasteiger partial charge < -0.3 is 10.1 Å². The van der Waals surface area contributed by atoms with Crippen LogP contribution < -0.4 is 10.1 Å². The Morgan fingerprint density at radius 1 is 1.13 bits per heavy atom. The molecule has 5 nitrogen and oxygen atoms in total. The lowest BCUT2D eigenvalue weighted by Crippen LogP contribution is -2.36. The second-order valence-electron chi connectivity index (χ2n) is 10.5. The van der Waals surface area contributed by atoms with Gasteiger partial charge in [0.05, 0.1) is 5.92 Å². The number of carbonyl (C=O) groups excluding carboxylic acids is 1. The minimum absolute atomic E-state index is 0.144. The van der Waals surface area contributed by atoms with E-state index in [1.54, 1.807) is 0 Å². The normalized spacial score (nSPS) is 12.4. The van der Waals surface area contributed by atoms with Crippen molar-refractivity contribution >= 4 is 17.4 Å². The zero-order valence-electron chi connectivity index (χ0n) is 20.0. The highest BCUT2D eigenvalue weighted by Gasteiger charge is 2.28. The predicted molar refractivity (Wildman–Crippen MR) is 128 cm³/mol. The van der Waals surface area contributed by atoms with Crippen LogP contribution in [0.5, 0.6) is 5.75 Å². The Labute approximate surface area is 185 Å². The van der Waals surface area contributed by atoms with Crippen molar-refractivity contribution in [2.75, 3.05) is 5.32 Å². The topological polar surface area (TPSA) is 55.6 Å². The van der Waals surface area contributed by atoms with E-state index in [4.69, 9.17) is 9.72 Å². The molecule has 0 aliphatic heterocycles. The third kappa shape index (κ3) is 5.46. The predicted octanol–water partition coefficient (Wildman–Crippen LogP) is 6.50. The molecule has 0 saturated heterocycles. The Morgan fingerprint density at radius 3 is 2.48 bits per heavy atom. The first-order valence-corrected chi connectivity index (χ1v) is 10.9. The number of hydrogen-bond acceptors (Lipinski definition) is 4. The number of nitrogens with zero attached hydrogens (tertiary/aromatic N) is 2. The van der Waals surface area contributed by atoms with Crippen molar-refractivity contribution in [2.45, 2.75) is 67.3 Å². The highest BCUT2D eigenvalue weighted by atomic mass is 16.5. The van der Waals surface area contributed by atoms with Crippen LogP contribution in [0.3, 0.4) is 0 Å². The maximum absolute atomic E-state index is 12.1. The molecule has 0 amide bonds. The summed E-state index contributed by atoms with van der Waals surface area (Å²) in [6, 6.07) is 11.7. The second-order valence-corrected chi connectivity index (χ2v) is 10.5. The molecule has 0 aliphatic carbocycles. The molecule has 0 radical (unpaired) electrons. The number of benzene rings is 1. The van der Waals surface area contributed by atoms with Crippen molar-refractivity contribution in [3.05, 3.63) is 48.2 Å². The SMILES string of the molecule is Cc1cccn2c(NC(C)(C)CC(C)(C)C)c(-c3cccc(OC(=O)C(C)C)c3)nc12. The number of pyridine rings is 1. The number of esters is 1. The lowest BCUT2D eigenvalue weighted by atomic mass is 9.82. The van der Waals surface area contributed by atoms with Gasteiger partial charge in [-0.25, -0.2) is 4.98 Å². The van der Waals surface area contributed by atoms with Crippen LogP contribution in [0.1, 0.15) is 60.5 Å². The van der Waals surface area contributed by atoms with Crippen LogP contribution in [0, 0.1) is 18.3 Å². The highest BCUT2D eigenvalue weighted by Crippen LogP contribution is 2.36. The third-order valence-corrected chi connectivity index (χ3v) is 5.07. The molecule has 0 aliphatic rings. The minimum Gasteiger partial charge on any atom is -0.426 e. The molecule has 1 N–H and O–H groups in total. The maximum Gasteiger partial charge on any atom is 0.313 e. The molecular weight excluding hydrogens is 386 g/mol. The van der Waals surface area contributed by atoms with Crippen LogP contribution in [-0.2, 0) is 4.79 Å². The molecule has 2 aromatic heterocycles. The average molecular weight is 422 g/mol. The summed E-state index contributed by atoms with van der Waals surface area (Å²) in [7, 11) is 0. The van der Waals surface area contributed by atoms with Gasteiger partial charge in [0.1, 0.15) is 22.9 Å². The van der Waals surface area contributed by atoms with Crippen molar-refractivity contribution in [1.29, 1.82) is 0 Å². The molecule has 0 unspecified atom stereocenters. The Bertz CT molecular complexity index is 1090. The lowest BCUT2D eigenvalue weighted by molar-refractivity contribution is -0.137. The van der Waals surface area contributed by atoms with Crippen LogP contribution in [0.25, 0.3) is 16.9 Å². The summed E-state index contributed by atoms with van der Waals surface area (Å²) in [5.41, 5.74) is 3.81. The molecule has 3 rings (SSSR count). The van der Waals surface area contributed by atoms with Crippen LogP contribution in [0.4, 0.5) is 5.82 Å². The van der Waals surface area contributed by atoms with Gasteiger partial charge in [-0.05, 0) is 56.4 Å². The van der Waals surface area contributed by atoms with Gasteiger partial charge in [0.2, 0.25) is 0 Å². The van der Waals surface area contributed by atoms with Gasteiger partial charge in [-0.3, -0.25) is 9.20 Å². The number of fused-ring (bicyclic) bond motifs is 1. The van der Waals surface area contributed by atoms with Gasteiger partial charge in [0.15, 0.2) is 0 Å². The first-order chi connectivity index (χ1) is 14.4. The summed E-state index contributed by atoms with van der Waals surface area (Å²) in [6.45, 7) is 16.9. The van der Waals surface area contributed by atoms with E-state index < -0.39 is 0 Å².